The average molecular weight is 681 g/mol. The molecule has 0 saturated carbocycles. The van der Waals surface area contributed by atoms with Gasteiger partial charge < -0.3 is 35.0 Å². The van der Waals surface area contributed by atoms with Crippen LogP contribution in [0.25, 0.3) is 33.4 Å². The molecule has 0 bridgehead atoms. The standard InChI is InChI=1S/C40H48N4O6/c1-43(2)28-14-17-31-34(24-28)50-35-25-29(44(3)4)15-18-32(35)37(31)30-16-13-27(23-33(30)39(47)48)38(46)42-22-12-8-11-21-41-36(45)26-40(49)19-9-6-5-7-10-20-40/h5-6,13-18,23-25,49H,7-12,19-22,26H2,1-4H3,(H2-,41,42,45,46,47,48). The van der Waals surface area contributed by atoms with Crippen LogP contribution < -0.4 is 30.6 Å². The summed E-state index contributed by atoms with van der Waals surface area (Å²) in [5.41, 5.74) is 2.59. The van der Waals surface area contributed by atoms with Gasteiger partial charge in [0.15, 0.2) is 0 Å². The van der Waals surface area contributed by atoms with Crippen LogP contribution in [-0.4, -0.2) is 69.8 Å². The Hall–Kier alpha value is -4.96. The molecule has 0 saturated heterocycles. The lowest BCUT2D eigenvalue weighted by Crippen LogP contribution is -2.37. The van der Waals surface area contributed by atoms with E-state index in [1.54, 1.807) is 12.1 Å². The van der Waals surface area contributed by atoms with Crippen molar-refractivity contribution in [2.75, 3.05) is 46.2 Å². The summed E-state index contributed by atoms with van der Waals surface area (Å²) in [6, 6.07) is 16.3. The van der Waals surface area contributed by atoms with E-state index in [-0.39, 0.29) is 29.4 Å². The first-order chi connectivity index (χ1) is 24.0. The summed E-state index contributed by atoms with van der Waals surface area (Å²) in [6.45, 7) is 0.905. The Morgan fingerprint density at radius 1 is 0.900 bits per heavy atom. The molecule has 1 atom stereocenters. The monoisotopic (exact) mass is 680 g/mol. The van der Waals surface area contributed by atoms with E-state index in [4.69, 9.17) is 4.42 Å². The molecular formula is C40H48N4O6. The molecular weight excluding hydrogens is 632 g/mol. The molecule has 0 aromatic heterocycles. The lowest BCUT2D eigenvalue weighted by Gasteiger charge is -2.28. The average Bonchev–Trinajstić information content (AvgIpc) is 3.07. The zero-order valence-corrected chi connectivity index (χ0v) is 29.5. The molecule has 3 N–H and O–H groups in total. The van der Waals surface area contributed by atoms with Gasteiger partial charge in [0.25, 0.3) is 5.91 Å². The topological polar surface area (TPSA) is 138 Å². The Bertz CT molecular complexity index is 1940. The van der Waals surface area contributed by atoms with Gasteiger partial charge in [-0.05, 0) is 87.3 Å². The number of carbonyl (C=O) groups is 3. The molecule has 0 spiro atoms. The van der Waals surface area contributed by atoms with Gasteiger partial charge in [0.05, 0.1) is 24.1 Å². The van der Waals surface area contributed by atoms with Crippen molar-refractivity contribution in [3.8, 4) is 22.5 Å². The van der Waals surface area contributed by atoms with Crippen molar-refractivity contribution in [3.63, 3.8) is 0 Å². The lowest BCUT2D eigenvalue weighted by atomic mass is 9.86. The maximum atomic E-state index is 13.1. The fourth-order valence-corrected chi connectivity index (χ4v) is 6.54. The molecule has 2 aromatic carbocycles. The van der Waals surface area contributed by atoms with Gasteiger partial charge >= 0.3 is 0 Å². The smallest absolute Gasteiger partial charge is 0.251 e. The molecule has 0 fully saturated rings. The van der Waals surface area contributed by atoms with Gasteiger partial charge in [-0.2, -0.15) is 0 Å². The van der Waals surface area contributed by atoms with Crippen LogP contribution in [0.1, 0.15) is 78.5 Å². The van der Waals surface area contributed by atoms with Crippen LogP contribution in [0, 0.1) is 0 Å². The van der Waals surface area contributed by atoms with Gasteiger partial charge in [-0.25, -0.2) is 4.58 Å². The molecule has 2 aromatic rings. The van der Waals surface area contributed by atoms with Crippen LogP contribution in [0.3, 0.4) is 0 Å². The highest BCUT2D eigenvalue weighted by Crippen LogP contribution is 2.42. The van der Waals surface area contributed by atoms with Crippen LogP contribution in [0.5, 0.6) is 0 Å². The van der Waals surface area contributed by atoms with Gasteiger partial charge in [0, 0.05) is 72.6 Å². The zero-order valence-electron chi connectivity index (χ0n) is 29.5. The third-order valence-corrected chi connectivity index (χ3v) is 9.40. The van der Waals surface area contributed by atoms with E-state index >= 15 is 0 Å². The number of hydrogen-bond donors (Lipinski definition) is 3. The van der Waals surface area contributed by atoms with Crippen molar-refractivity contribution < 1.29 is 29.0 Å². The largest absolute Gasteiger partial charge is 0.545 e. The first-order valence-corrected chi connectivity index (χ1v) is 17.4. The molecule has 2 aliphatic carbocycles. The third kappa shape index (κ3) is 8.79. The van der Waals surface area contributed by atoms with E-state index in [0.29, 0.717) is 54.8 Å². The second-order valence-corrected chi connectivity index (χ2v) is 13.6. The third-order valence-electron chi connectivity index (χ3n) is 9.40. The van der Waals surface area contributed by atoms with E-state index in [1.807, 2.05) is 74.1 Å². The van der Waals surface area contributed by atoms with Gasteiger partial charge in [-0.15, -0.1) is 0 Å². The molecule has 3 aliphatic rings. The number of aliphatic hydroxyl groups is 1. The molecule has 10 nitrogen and oxygen atoms in total. The summed E-state index contributed by atoms with van der Waals surface area (Å²) in [4.78, 5) is 40.1. The number of nitrogens with zero attached hydrogens (tertiary/aromatic N) is 2. The molecule has 10 heteroatoms. The number of hydrogen-bond acceptors (Lipinski definition) is 7. The molecule has 264 valence electrons. The first-order valence-electron chi connectivity index (χ1n) is 17.4. The summed E-state index contributed by atoms with van der Waals surface area (Å²) in [7, 11) is 7.76. The Morgan fingerprint density at radius 2 is 1.64 bits per heavy atom. The molecule has 50 heavy (non-hydrogen) atoms. The SMILES string of the molecule is CN(C)c1ccc2c(-c3ccc(C(=O)NCCCCCNC(=O)CC4(O)CCC=CCCC4)cc3C(=O)[O-])c3ccc(=[N+](C)C)cc-3oc2c1. The van der Waals surface area contributed by atoms with Crippen LogP contribution >= 0.6 is 0 Å². The predicted molar refractivity (Wildman–Crippen MR) is 195 cm³/mol. The predicted octanol–water partition coefficient (Wildman–Crippen LogP) is 4.32. The van der Waals surface area contributed by atoms with Gasteiger partial charge in [-0.1, -0.05) is 18.2 Å². The number of aromatic carboxylic acids is 1. The van der Waals surface area contributed by atoms with Crippen molar-refractivity contribution in [3.05, 3.63) is 83.2 Å². The van der Waals surface area contributed by atoms with Crippen molar-refractivity contribution in [1.29, 1.82) is 0 Å². The highest BCUT2D eigenvalue weighted by atomic mass is 16.4. The number of anilines is 1. The normalized spacial score (nSPS) is 16.1. The van der Waals surface area contributed by atoms with Gasteiger partial charge in [0.2, 0.25) is 11.3 Å². The van der Waals surface area contributed by atoms with Crippen LogP contribution in [0.15, 0.2) is 71.2 Å². The highest BCUT2D eigenvalue weighted by molar-refractivity contribution is 6.09. The minimum absolute atomic E-state index is 0.0870. The van der Waals surface area contributed by atoms with E-state index in [9.17, 15) is 24.6 Å². The van der Waals surface area contributed by atoms with E-state index in [2.05, 4.69) is 22.8 Å². The van der Waals surface area contributed by atoms with E-state index < -0.39 is 11.6 Å². The lowest BCUT2D eigenvalue weighted by molar-refractivity contribution is -0.254. The number of benzene rings is 3. The molecule has 1 unspecified atom stereocenters. The van der Waals surface area contributed by atoms with Gasteiger partial charge in [0.1, 0.15) is 25.4 Å². The highest BCUT2D eigenvalue weighted by Gasteiger charge is 2.29. The van der Waals surface area contributed by atoms with Crippen molar-refractivity contribution >= 4 is 34.4 Å². The number of carboxylic acid groups (broad SMARTS) is 1. The first kappa shape index (κ1) is 36.3. The van der Waals surface area contributed by atoms with Gasteiger partial charge in [-0.3, -0.25) is 9.59 Å². The minimum atomic E-state index is -1.38. The second kappa shape index (κ2) is 16.2. The molecule has 2 amide bonds. The molecule has 1 heterocycles. The molecule has 1 aliphatic heterocycles. The number of unbranched alkanes of at least 4 members (excludes halogenated alkanes) is 2. The number of rotatable bonds is 12. The van der Waals surface area contributed by atoms with Crippen molar-refractivity contribution in [2.45, 2.75) is 63.4 Å². The number of fused-ring (bicyclic) bond motifs is 2. The summed E-state index contributed by atoms with van der Waals surface area (Å²) in [5.74, 6) is -1.30. The fraction of sp³-hybridized carbons (Fsp3) is 0.400. The number of carbonyl (C=O) groups excluding carboxylic acids is 3. The fourth-order valence-electron chi connectivity index (χ4n) is 6.54. The number of carboxylic acids is 1. The van der Waals surface area contributed by atoms with Crippen molar-refractivity contribution in [2.24, 2.45) is 0 Å². The number of amides is 2. The maximum absolute atomic E-state index is 13.1. The van der Waals surface area contributed by atoms with E-state index in [1.165, 1.54) is 6.07 Å². The summed E-state index contributed by atoms with van der Waals surface area (Å²) < 4.78 is 8.34. The Balaban J connectivity index is 1.25. The van der Waals surface area contributed by atoms with Crippen LogP contribution in [-0.2, 0) is 4.79 Å². The van der Waals surface area contributed by atoms with E-state index in [0.717, 1.165) is 54.1 Å². The quantitative estimate of drug-likeness (QED) is 0.0877. The Labute approximate surface area is 293 Å². The zero-order chi connectivity index (χ0) is 35.8. The van der Waals surface area contributed by atoms with Crippen LogP contribution in [0.2, 0.25) is 0 Å². The van der Waals surface area contributed by atoms with Crippen LogP contribution in [0.4, 0.5) is 5.69 Å². The second-order valence-electron chi connectivity index (χ2n) is 13.6. The number of allylic oxidation sites excluding steroid dienone is 2. The number of nitrogens with one attached hydrogen (secondary N) is 2. The Morgan fingerprint density at radius 3 is 2.38 bits per heavy atom. The molecule has 5 rings (SSSR count). The summed E-state index contributed by atoms with van der Waals surface area (Å²) in [5, 5.41) is 30.9. The van der Waals surface area contributed by atoms with Crippen molar-refractivity contribution in [1.82, 2.24) is 15.2 Å². The summed E-state index contributed by atoms with van der Waals surface area (Å²) in [6.07, 6.45) is 10.3. The summed E-state index contributed by atoms with van der Waals surface area (Å²) >= 11 is 0. The molecule has 0 radical (unpaired) electrons. The minimum Gasteiger partial charge on any atom is -0.545 e. The maximum Gasteiger partial charge on any atom is 0.251 e. The Kier molecular flexibility index (Phi) is 11.7.